The highest BCUT2D eigenvalue weighted by atomic mass is 32.2. The SMILES string of the molecule is CSCC[C@@H](N)c1nc(COCC(F)(F)F)no1. The number of nitrogens with zero attached hydrogens (tertiary/aromatic N) is 2. The van der Waals surface area contributed by atoms with Crippen LogP contribution in [0.3, 0.4) is 0 Å². The van der Waals surface area contributed by atoms with Crippen molar-refractivity contribution in [2.75, 3.05) is 18.6 Å². The topological polar surface area (TPSA) is 74.2 Å². The van der Waals surface area contributed by atoms with Crippen LogP contribution in [-0.2, 0) is 11.3 Å². The van der Waals surface area contributed by atoms with Crippen LogP contribution in [0.4, 0.5) is 13.2 Å². The van der Waals surface area contributed by atoms with Gasteiger partial charge in [-0.15, -0.1) is 0 Å². The average molecular weight is 285 g/mol. The largest absolute Gasteiger partial charge is 0.411 e. The second-order valence-electron chi connectivity index (χ2n) is 3.54. The Labute approximate surface area is 106 Å². The Balaban J connectivity index is 2.38. The van der Waals surface area contributed by atoms with Gasteiger partial charge in [0, 0.05) is 0 Å². The number of thioether (sulfide) groups is 1. The zero-order valence-corrected chi connectivity index (χ0v) is 10.6. The van der Waals surface area contributed by atoms with Crippen molar-refractivity contribution < 1.29 is 22.4 Å². The van der Waals surface area contributed by atoms with Gasteiger partial charge in [-0.25, -0.2) is 0 Å². The smallest absolute Gasteiger partial charge is 0.364 e. The molecule has 0 bridgehead atoms. The van der Waals surface area contributed by atoms with E-state index in [0.29, 0.717) is 6.42 Å². The molecule has 1 aromatic heterocycles. The third-order valence-electron chi connectivity index (χ3n) is 1.93. The normalized spacial score (nSPS) is 13.8. The summed E-state index contributed by atoms with van der Waals surface area (Å²) in [7, 11) is 0. The molecule has 2 N–H and O–H groups in total. The van der Waals surface area contributed by atoms with Crippen LogP contribution in [-0.4, -0.2) is 34.9 Å². The summed E-state index contributed by atoms with van der Waals surface area (Å²) in [5, 5.41) is 3.50. The van der Waals surface area contributed by atoms with Gasteiger partial charge in [-0.05, 0) is 18.4 Å². The first-order valence-corrected chi connectivity index (χ1v) is 6.53. The van der Waals surface area contributed by atoms with Gasteiger partial charge in [0.15, 0.2) is 5.82 Å². The van der Waals surface area contributed by atoms with Crippen molar-refractivity contribution in [1.29, 1.82) is 0 Å². The molecule has 0 amide bonds. The maximum absolute atomic E-state index is 11.8. The fraction of sp³-hybridized carbons (Fsp3) is 0.778. The Morgan fingerprint density at radius 3 is 2.83 bits per heavy atom. The highest BCUT2D eigenvalue weighted by molar-refractivity contribution is 7.98. The molecule has 0 spiro atoms. The number of ether oxygens (including phenoxy) is 1. The molecular formula is C9H14F3N3O2S. The monoisotopic (exact) mass is 285 g/mol. The molecule has 1 rings (SSSR count). The number of alkyl halides is 3. The predicted molar refractivity (Wildman–Crippen MR) is 59.9 cm³/mol. The Bertz CT molecular complexity index is 359. The fourth-order valence-corrected chi connectivity index (χ4v) is 1.59. The summed E-state index contributed by atoms with van der Waals surface area (Å²) in [5.74, 6) is 1.12. The third kappa shape index (κ3) is 5.69. The highest BCUT2D eigenvalue weighted by Gasteiger charge is 2.27. The molecule has 0 saturated carbocycles. The van der Waals surface area contributed by atoms with Gasteiger partial charge in [-0.2, -0.15) is 29.9 Å². The van der Waals surface area contributed by atoms with Crippen molar-refractivity contribution in [1.82, 2.24) is 10.1 Å². The molecule has 18 heavy (non-hydrogen) atoms. The van der Waals surface area contributed by atoms with E-state index in [4.69, 9.17) is 10.3 Å². The number of rotatable bonds is 7. The maximum atomic E-state index is 11.8. The Hall–Kier alpha value is -0.800. The summed E-state index contributed by atoms with van der Waals surface area (Å²) < 4.78 is 44.7. The van der Waals surface area contributed by atoms with Gasteiger partial charge >= 0.3 is 6.18 Å². The van der Waals surface area contributed by atoms with E-state index in [0.717, 1.165) is 5.75 Å². The van der Waals surface area contributed by atoms with Crippen molar-refractivity contribution in [3.05, 3.63) is 11.7 Å². The first-order chi connectivity index (χ1) is 8.42. The molecule has 1 atom stereocenters. The highest BCUT2D eigenvalue weighted by Crippen LogP contribution is 2.16. The molecule has 0 aliphatic carbocycles. The van der Waals surface area contributed by atoms with E-state index in [-0.39, 0.29) is 18.3 Å². The van der Waals surface area contributed by atoms with Crippen LogP contribution >= 0.6 is 11.8 Å². The van der Waals surface area contributed by atoms with E-state index in [1.807, 2.05) is 6.26 Å². The lowest BCUT2D eigenvalue weighted by atomic mass is 10.2. The van der Waals surface area contributed by atoms with Gasteiger partial charge < -0.3 is 15.0 Å². The van der Waals surface area contributed by atoms with Crippen molar-refractivity contribution in [2.45, 2.75) is 25.2 Å². The molecule has 0 aliphatic rings. The zero-order valence-electron chi connectivity index (χ0n) is 9.74. The van der Waals surface area contributed by atoms with Crippen LogP contribution in [0.1, 0.15) is 24.2 Å². The van der Waals surface area contributed by atoms with Gasteiger partial charge in [-0.1, -0.05) is 5.16 Å². The summed E-state index contributed by atoms with van der Waals surface area (Å²) in [6, 6.07) is -0.402. The summed E-state index contributed by atoms with van der Waals surface area (Å²) in [6.07, 6.45) is -1.76. The van der Waals surface area contributed by atoms with Gasteiger partial charge in [0.25, 0.3) is 0 Å². The summed E-state index contributed by atoms with van der Waals surface area (Å²) in [4.78, 5) is 3.88. The lowest BCUT2D eigenvalue weighted by molar-refractivity contribution is -0.177. The number of hydrogen-bond acceptors (Lipinski definition) is 6. The number of nitrogens with two attached hydrogens (primary N) is 1. The molecule has 104 valence electrons. The van der Waals surface area contributed by atoms with E-state index in [9.17, 15) is 13.2 Å². The van der Waals surface area contributed by atoms with Crippen LogP contribution in [0.5, 0.6) is 0 Å². The first-order valence-electron chi connectivity index (χ1n) is 5.14. The third-order valence-corrected chi connectivity index (χ3v) is 2.57. The van der Waals surface area contributed by atoms with Gasteiger partial charge in [0.1, 0.15) is 13.2 Å². The minimum atomic E-state index is -4.36. The molecule has 0 aliphatic heterocycles. The molecule has 1 heterocycles. The van der Waals surface area contributed by atoms with E-state index >= 15 is 0 Å². The van der Waals surface area contributed by atoms with Crippen molar-refractivity contribution in [3.63, 3.8) is 0 Å². The number of aromatic nitrogens is 2. The Kier molecular flexibility index (Phi) is 5.89. The zero-order chi connectivity index (χ0) is 13.6. The molecule has 0 radical (unpaired) electrons. The molecule has 1 aromatic rings. The predicted octanol–water partition coefficient (Wildman–Crippen LogP) is 1.90. The van der Waals surface area contributed by atoms with E-state index in [2.05, 4.69) is 14.9 Å². The number of hydrogen-bond donors (Lipinski definition) is 1. The summed E-state index contributed by atoms with van der Waals surface area (Å²) >= 11 is 1.63. The minimum Gasteiger partial charge on any atom is -0.364 e. The first kappa shape index (κ1) is 15.3. The molecule has 0 fully saturated rings. The lowest BCUT2D eigenvalue weighted by Gasteiger charge is -2.05. The van der Waals surface area contributed by atoms with Crippen LogP contribution in [0.2, 0.25) is 0 Å². The molecule has 9 heteroatoms. The summed E-state index contributed by atoms with van der Waals surface area (Å²) in [6.45, 7) is -1.69. The van der Waals surface area contributed by atoms with E-state index < -0.39 is 18.8 Å². The average Bonchev–Trinajstić information content (AvgIpc) is 2.73. The molecule has 0 saturated heterocycles. The Morgan fingerprint density at radius 2 is 2.22 bits per heavy atom. The van der Waals surface area contributed by atoms with Crippen LogP contribution < -0.4 is 5.73 Å². The fourth-order valence-electron chi connectivity index (χ4n) is 1.10. The van der Waals surface area contributed by atoms with Crippen LogP contribution in [0.25, 0.3) is 0 Å². The Morgan fingerprint density at radius 1 is 1.50 bits per heavy atom. The molecule has 0 aromatic carbocycles. The van der Waals surface area contributed by atoms with Crippen LogP contribution in [0, 0.1) is 0 Å². The van der Waals surface area contributed by atoms with E-state index in [1.54, 1.807) is 11.8 Å². The summed E-state index contributed by atoms with van der Waals surface area (Å²) in [5.41, 5.74) is 5.76. The van der Waals surface area contributed by atoms with Crippen molar-refractivity contribution in [3.8, 4) is 0 Å². The second kappa shape index (κ2) is 6.95. The van der Waals surface area contributed by atoms with Crippen LogP contribution in [0.15, 0.2) is 4.52 Å². The minimum absolute atomic E-state index is 0.0638. The van der Waals surface area contributed by atoms with Crippen molar-refractivity contribution >= 4 is 11.8 Å². The number of halogens is 3. The lowest BCUT2D eigenvalue weighted by Crippen LogP contribution is -2.17. The molecule has 0 unspecified atom stereocenters. The van der Waals surface area contributed by atoms with Gasteiger partial charge in [0.2, 0.25) is 5.89 Å². The quantitative estimate of drug-likeness (QED) is 0.824. The standard InChI is InChI=1S/C9H14F3N3O2S/c1-18-3-2-6(13)8-14-7(15-17-8)4-16-5-9(10,11)12/h6H,2-5,13H2,1H3/t6-/m1/s1. The van der Waals surface area contributed by atoms with Gasteiger partial charge in [0.05, 0.1) is 6.04 Å². The van der Waals surface area contributed by atoms with E-state index in [1.165, 1.54) is 0 Å². The van der Waals surface area contributed by atoms with Gasteiger partial charge in [-0.3, -0.25) is 0 Å². The second-order valence-corrected chi connectivity index (χ2v) is 4.53. The molecular weight excluding hydrogens is 271 g/mol. The van der Waals surface area contributed by atoms with Crippen molar-refractivity contribution in [2.24, 2.45) is 5.73 Å². The maximum Gasteiger partial charge on any atom is 0.411 e. The molecule has 5 nitrogen and oxygen atoms in total.